The van der Waals surface area contributed by atoms with Gasteiger partial charge in [0.1, 0.15) is 5.82 Å². The van der Waals surface area contributed by atoms with Crippen molar-refractivity contribution in [1.29, 1.82) is 0 Å². The van der Waals surface area contributed by atoms with Crippen LogP contribution in [0.25, 0.3) is 11.0 Å². The van der Waals surface area contributed by atoms with Crippen LogP contribution in [0.5, 0.6) is 0 Å². The summed E-state index contributed by atoms with van der Waals surface area (Å²) in [5.41, 5.74) is 3.65. The monoisotopic (exact) mass is 234 g/mol. The van der Waals surface area contributed by atoms with Gasteiger partial charge in [0.2, 0.25) is 0 Å². The van der Waals surface area contributed by atoms with Gasteiger partial charge in [0.15, 0.2) is 0 Å². The van der Waals surface area contributed by atoms with E-state index >= 15 is 0 Å². The number of aromatic amines is 1. The number of imidazole rings is 1. The number of fused-ring (bicyclic) bond motifs is 1. The van der Waals surface area contributed by atoms with Crippen LogP contribution in [0.1, 0.15) is 29.6 Å². The van der Waals surface area contributed by atoms with E-state index in [0.717, 1.165) is 16.9 Å². The van der Waals surface area contributed by atoms with Gasteiger partial charge >= 0.3 is 0 Å². The zero-order valence-electron chi connectivity index (χ0n) is 10.0. The van der Waals surface area contributed by atoms with Gasteiger partial charge < -0.3 is 4.98 Å². The van der Waals surface area contributed by atoms with E-state index in [-0.39, 0.29) is 0 Å². The molecule has 0 aliphatic heterocycles. The molecule has 2 heteroatoms. The molecule has 1 heterocycles. The average Bonchev–Trinajstić information content (AvgIpc) is 3.12. The molecule has 1 aliphatic carbocycles. The average molecular weight is 234 g/mol. The SMILES string of the molecule is c1ccc(C2CC2c2nc3ccccc3[nH]2)cc1. The molecule has 0 bridgehead atoms. The van der Waals surface area contributed by atoms with Crippen LogP contribution in [0.4, 0.5) is 0 Å². The van der Waals surface area contributed by atoms with Crippen LogP contribution >= 0.6 is 0 Å². The van der Waals surface area contributed by atoms with Crippen molar-refractivity contribution in [2.45, 2.75) is 18.3 Å². The summed E-state index contributed by atoms with van der Waals surface area (Å²) in [6, 6.07) is 19.0. The fraction of sp³-hybridized carbons (Fsp3) is 0.188. The third kappa shape index (κ3) is 1.53. The van der Waals surface area contributed by atoms with Crippen molar-refractivity contribution in [3.05, 3.63) is 66.0 Å². The lowest BCUT2D eigenvalue weighted by atomic mass is 10.1. The summed E-state index contributed by atoms with van der Waals surface area (Å²) in [6.07, 6.45) is 1.21. The Labute approximate surface area is 106 Å². The Morgan fingerprint density at radius 3 is 2.50 bits per heavy atom. The highest BCUT2D eigenvalue weighted by atomic mass is 14.9. The second kappa shape index (κ2) is 3.70. The number of benzene rings is 2. The lowest BCUT2D eigenvalue weighted by Gasteiger charge is -1.97. The molecule has 1 saturated carbocycles. The van der Waals surface area contributed by atoms with Crippen molar-refractivity contribution in [3.8, 4) is 0 Å². The minimum Gasteiger partial charge on any atom is -0.342 e. The van der Waals surface area contributed by atoms with E-state index in [0.29, 0.717) is 11.8 Å². The molecule has 0 radical (unpaired) electrons. The predicted octanol–water partition coefficient (Wildman–Crippen LogP) is 3.83. The molecule has 1 fully saturated rings. The molecule has 0 spiro atoms. The molecule has 2 aromatic carbocycles. The summed E-state index contributed by atoms with van der Waals surface area (Å²) in [4.78, 5) is 8.14. The maximum Gasteiger partial charge on any atom is 0.110 e. The number of nitrogens with one attached hydrogen (secondary N) is 1. The fourth-order valence-corrected chi connectivity index (χ4v) is 2.71. The van der Waals surface area contributed by atoms with Crippen molar-refractivity contribution in [2.24, 2.45) is 0 Å². The van der Waals surface area contributed by atoms with Gasteiger partial charge in [0, 0.05) is 5.92 Å². The van der Waals surface area contributed by atoms with Gasteiger partial charge in [-0.15, -0.1) is 0 Å². The highest BCUT2D eigenvalue weighted by Crippen LogP contribution is 2.53. The highest BCUT2D eigenvalue weighted by molar-refractivity contribution is 5.75. The normalized spacial score (nSPS) is 22.2. The highest BCUT2D eigenvalue weighted by Gasteiger charge is 2.41. The van der Waals surface area contributed by atoms with Gasteiger partial charge in [-0.3, -0.25) is 0 Å². The minimum absolute atomic E-state index is 0.569. The second-order valence-corrected chi connectivity index (χ2v) is 5.00. The first-order valence-electron chi connectivity index (χ1n) is 6.41. The van der Waals surface area contributed by atoms with Gasteiger partial charge in [0.05, 0.1) is 11.0 Å². The molecule has 1 aliphatic rings. The first-order valence-corrected chi connectivity index (χ1v) is 6.41. The van der Waals surface area contributed by atoms with Crippen molar-refractivity contribution in [2.75, 3.05) is 0 Å². The topological polar surface area (TPSA) is 28.7 Å². The molecule has 0 amide bonds. The van der Waals surface area contributed by atoms with Gasteiger partial charge in [-0.05, 0) is 30.0 Å². The largest absolute Gasteiger partial charge is 0.342 e. The number of nitrogens with zero attached hydrogens (tertiary/aromatic N) is 1. The van der Waals surface area contributed by atoms with Crippen molar-refractivity contribution in [3.63, 3.8) is 0 Å². The lowest BCUT2D eigenvalue weighted by Crippen LogP contribution is -1.86. The zero-order chi connectivity index (χ0) is 11.9. The summed E-state index contributed by atoms with van der Waals surface area (Å²) in [5.74, 6) is 2.36. The molecule has 1 N–H and O–H groups in total. The van der Waals surface area contributed by atoms with Gasteiger partial charge in [-0.1, -0.05) is 42.5 Å². The summed E-state index contributed by atoms with van der Waals surface area (Å²) < 4.78 is 0. The van der Waals surface area contributed by atoms with Crippen molar-refractivity contribution >= 4 is 11.0 Å². The van der Waals surface area contributed by atoms with Crippen molar-refractivity contribution < 1.29 is 0 Å². The van der Waals surface area contributed by atoms with E-state index in [1.807, 2.05) is 12.1 Å². The number of hydrogen-bond donors (Lipinski definition) is 1. The smallest absolute Gasteiger partial charge is 0.110 e. The summed E-state index contributed by atoms with van der Waals surface area (Å²) in [6.45, 7) is 0. The Kier molecular flexibility index (Phi) is 2.04. The summed E-state index contributed by atoms with van der Waals surface area (Å²) >= 11 is 0. The number of aromatic nitrogens is 2. The van der Waals surface area contributed by atoms with Gasteiger partial charge in [-0.25, -0.2) is 4.98 Å². The van der Waals surface area contributed by atoms with Gasteiger partial charge in [0.25, 0.3) is 0 Å². The van der Waals surface area contributed by atoms with E-state index in [1.54, 1.807) is 0 Å². The van der Waals surface area contributed by atoms with Gasteiger partial charge in [-0.2, -0.15) is 0 Å². The predicted molar refractivity (Wildman–Crippen MR) is 72.6 cm³/mol. The van der Waals surface area contributed by atoms with E-state index in [1.165, 1.54) is 12.0 Å². The second-order valence-electron chi connectivity index (χ2n) is 5.00. The molecular formula is C16H14N2. The fourth-order valence-electron chi connectivity index (χ4n) is 2.71. The van der Waals surface area contributed by atoms with Crippen LogP contribution in [0, 0.1) is 0 Å². The maximum absolute atomic E-state index is 4.69. The standard InChI is InChI=1S/C16H14N2/c1-2-6-11(7-3-1)12-10-13(12)16-17-14-8-4-5-9-15(14)18-16/h1-9,12-13H,10H2,(H,17,18). The molecule has 2 nitrogen and oxygen atoms in total. The minimum atomic E-state index is 0.569. The Morgan fingerprint density at radius 2 is 1.67 bits per heavy atom. The molecular weight excluding hydrogens is 220 g/mol. The molecule has 88 valence electrons. The Hall–Kier alpha value is -2.09. The van der Waals surface area contributed by atoms with Crippen LogP contribution in [0.15, 0.2) is 54.6 Å². The van der Waals surface area contributed by atoms with Crippen LogP contribution in [0.2, 0.25) is 0 Å². The van der Waals surface area contributed by atoms with E-state index < -0.39 is 0 Å². The Bertz CT molecular complexity index is 651. The summed E-state index contributed by atoms with van der Waals surface area (Å²) in [7, 11) is 0. The first kappa shape index (κ1) is 9.89. The third-order valence-electron chi connectivity index (χ3n) is 3.78. The molecule has 3 aromatic rings. The summed E-state index contributed by atoms with van der Waals surface area (Å²) in [5, 5.41) is 0. The quantitative estimate of drug-likeness (QED) is 0.717. The van der Waals surface area contributed by atoms with E-state index in [2.05, 4.69) is 47.4 Å². The van der Waals surface area contributed by atoms with Crippen LogP contribution in [-0.2, 0) is 0 Å². The number of hydrogen-bond acceptors (Lipinski definition) is 1. The number of rotatable bonds is 2. The molecule has 2 atom stereocenters. The van der Waals surface area contributed by atoms with Crippen LogP contribution in [-0.4, -0.2) is 9.97 Å². The van der Waals surface area contributed by atoms with Crippen LogP contribution < -0.4 is 0 Å². The lowest BCUT2D eigenvalue weighted by molar-refractivity contribution is 0.938. The first-order chi connectivity index (χ1) is 8.92. The molecule has 0 saturated heterocycles. The van der Waals surface area contributed by atoms with Crippen LogP contribution in [0.3, 0.4) is 0 Å². The van der Waals surface area contributed by atoms with Crippen molar-refractivity contribution in [1.82, 2.24) is 9.97 Å². The molecule has 1 aromatic heterocycles. The Morgan fingerprint density at radius 1 is 0.889 bits per heavy atom. The molecule has 4 rings (SSSR count). The third-order valence-corrected chi connectivity index (χ3v) is 3.78. The van der Waals surface area contributed by atoms with E-state index in [9.17, 15) is 0 Å². The number of H-pyrrole nitrogens is 1. The van der Waals surface area contributed by atoms with E-state index in [4.69, 9.17) is 4.98 Å². The molecule has 2 unspecified atom stereocenters. The molecule has 18 heavy (non-hydrogen) atoms. The zero-order valence-corrected chi connectivity index (χ0v) is 10.0. The Balaban J connectivity index is 1.66. The number of para-hydroxylation sites is 2. The maximum atomic E-state index is 4.69.